The van der Waals surface area contributed by atoms with Gasteiger partial charge in [0.25, 0.3) is 0 Å². The maximum absolute atomic E-state index is 2.43. The first kappa shape index (κ1) is 37.0. The van der Waals surface area contributed by atoms with Gasteiger partial charge in [-0.3, -0.25) is 0 Å². The molecule has 0 N–H and O–H groups in total. The first-order chi connectivity index (χ1) is 31.7. The van der Waals surface area contributed by atoms with Gasteiger partial charge in [0.15, 0.2) is 0 Å². The highest BCUT2D eigenvalue weighted by Crippen LogP contribution is 2.56. The van der Waals surface area contributed by atoms with Crippen LogP contribution in [0.2, 0.25) is 0 Å². The Balaban J connectivity index is 0.984. The molecule has 0 atom stereocenters. The largest absolute Gasteiger partial charge is 0.310 e. The molecule has 0 fully saturated rings. The predicted octanol–water partition coefficient (Wildman–Crippen LogP) is 17.6. The number of hydrogen-bond acceptors (Lipinski definition) is 3. The molecule has 0 saturated carbocycles. The van der Waals surface area contributed by atoms with Crippen LogP contribution in [0.3, 0.4) is 0 Å². The second-order valence-corrected chi connectivity index (χ2v) is 18.9. The highest BCUT2D eigenvalue weighted by atomic mass is 32.1. The molecule has 0 bridgehead atoms. The van der Waals surface area contributed by atoms with Crippen molar-refractivity contribution in [3.05, 3.63) is 259 Å². The summed E-state index contributed by atoms with van der Waals surface area (Å²) in [6.07, 6.45) is 0. The number of hydrogen-bond donors (Lipinski definition) is 0. The lowest BCUT2D eigenvalue weighted by Gasteiger charge is -2.35. The Bertz CT molecular complexity index is 3520. The third-order valence-electron chi connectivity index (χ3n) is 13.4. The Hall–Kier alpha value is -7.56. The second kappa shape index (κ2) is 14.8. The average Bonchev–Trinajstić information content (AvgIpc) is 4.04. The molecule has 10 aromatic carbocycles. The fourth-order valence-corrected chi connectivity index (χ4v) is 13.0. The van der Waals surface area contributed by atoms with Gasteiger partial charge in [0, 0.05) is 57.4 Å². The van der Waals surface area contributed by atoms with Gasteiger partial charge in [0.05, 0.1) is 5.41 Å². The fourth-order valence-electron chi connectivity index (χ4n) is 10.6. The van der Waals surface area contributed by atoms with Gasteiger partial charge in [-0.15, -0.1) is 22.7 Å². The first-order valence-electron chi connectivity index (χ1n) is 21.9. The summed E-state index contributed by atoms with van der Waals surface area (Å²) in [4.78, 5) is 2.43. The minimum absolute atomic E-state index is 0.504. The van der Waals surface area contributed by atoms with E-state index in [4.69, 9.17) is 0 Å². The van der Waals surface area contributed by atoms with Crippen LogP contribution in [-0.2, 0) is 5.41 Å². The molecule has 1 aliphatic carbocycles. The van der Waals surface area contributed by atoms with Gasteiger partial charge in [0.2, 0.25) is 0 Å². The van der Waals surface area contributed by atoms with Crippen LogP contribution in [0.4, 0.5) is 17.1 Å². The van der Waals surface area contributed by atoms with Crippen molar-refractivity contribution in [1.29, 1.82) is 0 Å². The van der Waals surface area contributed by atoms with Gasteiger partial charge in [0.1, 0.15) is 0 Å². The van der Waals surface area contributed by atoms with Crippen LogP contribution >= 0.6 is 22.7 Å². The fraction of sp³-hybridized carbons (Fsp3) is 0.0164. The summed E-state index contributed by atoms with van der Waals surface area (Å²) < 4.78 is 5.29. The van der Waals surface area contributed by atoms with Gasteiger partial charge < -0.3 is 4.90 Å². The highest BCUT2D eigenvalue weighted by molar-refractivity contribution is 7.26. The molecule has 0 aliphatic heterocycles. The molecule has 0 unspecified atom stereocenters. The van der Waals surface area contributed by atoms with Crippen molar-refractivity contribution in [3.8, 4) is 33.4 Å². The summed E-state index contributed by atoms with van der Waals surface area (Å²) in [5.74, 6) is 0. The van der Waals surface area contributed by atoms with Crippen LogP contribution in [0.25, 0.3) is 73.7 Å². The zero-order valence-corrected chi connectivity index (χ0v) is 36.4. The van der Waals surface area contributed by atoms with E-state index < -0.39 is 5.41 Å². The van der Waals surface area contributed by atoms with Crippen molar-refractivity contribution in [2.24, 2.45) is 0 Å². The highest BCUT2D eigenvalue weighted by Gasteiger charge is 2.46. The van der Waals surface area contributed by atoms with Crippen molar-refractivity contribution in [2.75, 3.05) is 4.90 Å². The van der Waals surface area contributed by atoms with Gasteiger partial charge >= 0.3 is 0 Å². The van der Waals surface area contributed by atoms with Crippen LogP contribution in [0.1, 0.15) is 22.3 Å². The van der Waals surface area contributed by atoms with Crippen molar-refractivity contribution >= 4 is 80.1 Å². The summed E-state index contributed by atoms with van der Waals surface area (Å²) >= 11 is 3.76. The summed E-state index contributed by atoms with van der Waals surface area (Å²) in [7, 11) is 0. The van der Waals surface area contributed by atoms with Crippen LogP contribution in [0, 0.1) is 0 Å². The van der Waals surface area contributed by atoms with Crippen LogP contribution in [0.15, 0.2) is 237 Å². The Kier molecular flexibility index (Phi) is 8.55. The summed E-state index contributed by atoms with van der Waals surface area (Å²) in [5, 5.41) is 5.27. The third-order valence-corrected chi connectivity index (χ3v) is 15.8. The SMILES string of the molecule is c1ccc(C2(c3cccc(N(c4ccc(-c5cccc6c5sc5ccccc56)cc4)c4ccc(-c5cccc6c5sc5ccccc56)cc4)c3)c3ccccc3-c3ccccc32)cc1. The quantitative estimate of drug-likeness (QED) is 0.154. The van der Waals surface area contributed by atoms with Crippen molar-refractivity contribution < 1.29 is 0 Å². The molecule has 0 saturated heterocycles. The van der Waals surface area contributed by atoms with E-state index in [1.54, 1.807) is 0 Å². The maximum Gasteiger partial charge on any atom is 0.0714 e. The van der Waals surface area contributed by atoms with Gasteiger partial charge in [-0.05, 0) is 104 Å². The van der Waals surface area contributed by atoms with Gasteiger partial charge in [-0.25, -0.2) is 0 Å². The van der Waals surface area contributed by atoms with E-state index in [9.17, 15) is 0 Å². The number of benzene rings is 10. The first-order valence-corrected chi connectivity index (χ1v) is 23.5. The van der Waals surface area contributed by atoms with Crippen molar-refractivity contribution in [3.63, 3.8) is 0 Å². The molecule has 0 amide bonds. The van der Waals surface area contributed by atoms with E-state index in [2.05, 4.69) is 241 Å². The number of nitrogens with zero attached hydrogens (tertiary/aromatic N) is 1. The average molecular weight is 850 g/mol. The van der Waals surface area contributed by atoms with Crippen molar-refractivity contribution in [1.82, 2.24) is 0 Å². The Labute approximate surface area is 380 Å². The van der Waals surface area contributed by atoms with E-state index in [1.807, 2.05) is 22.7 Å². The van der Waals surface area contributed by atoms with Gasteiger partial charge in [-0.1, -0.05) is 188 Å². The standard InChI is InChI=1S/C61H39NS2/c1-2-15-42(16-3-1)61(55-27-8-4-19-49(55)50-20-5-9-28-56(50)61)43-17-12-18-46(39-43)62(44-35-31-40(32-36-44)47-23-13-25-53-51-21-6-10-29-57(51)63-59(47)53)45-37-33-41(34-38-45)48-24-14-26-54-52-22-7-11-30-58(52)64-60(48)54/h1-39H. The molecular weight excluding hydrogens is 811 g/mol. The molecule has 1 nitrogen and oxygen atoms in total. The van der Waals surface area contributed by atoms with Crippen molar-refractivity contribution in [2.45, 2.75) is 5.41 Å². The van der Waals surface area contributed by atoms with Gasteiger partial charge in [-0.2, -0.15) is 0 Å². The molecule has 2 heterocycles. The summed E-state index contributed by atoms with van der Waals surface area (Å²) in [6, 6.07) is 87.7. The molecular formula is C61H39NS2. The molecule has 2 aromatic heterocycles. The summed E-state index contributed by atoms with van der Waals surface area (Å²) in [5.41, 5.74) is 15.5. The van der Waals surface area contributed by atoms with E-state index in [0.29, 0.717) is 0 Å². The number of rotatable bonds is 7. The molecule has 13 rings (SSSR count). The minimum Gasteiger partial charge on any atom is -0.310 e. The molecule has 12 aromatic rings. The maximum atomic E-state index is 2.43. The normalized spacial score (nSPS) is 12.8. The number of fused-ring (bicyclic) bond motifs is 9. The van der Waals surface area contributed by atoms with Crippen LogP contribution in [0.5, 0.6) is 0 Å². The van der Waals surface area contributed by atoms with E-state index >= 15 is 0 Å². The number of anilines is 3. The lowest BCUT2D eigenvalue weighted by molar-refractivity contribution is 0.768. The number of thiophene rings is 2. The van der Waals surface area contributed by atoms with E-state index in [-0.39, 0.29) is 0 Å². The Morgan fingerprint density at radius 3 is 1.27 bits per heavy atom. The predicted molar refractivity (Wildman–Crippen MR) is 275 cm³/mol. The zero-order chi connectivity index (χ0) is 42.2. The Morgan fingerprint density at radius 2 is 0.719 bits per heavy atom. The zero-order valence-electron chi connectivity index (χ0n) is 34.8. The Morgan fingerprint density at radius 1 is 0.297 bits per heavy atom. The third kappa shape index (κ3) is 5.61. The summed E-state index contributed by atoms with van der Waals surface area (Å²) in [6.45, 7) is 0. The smallest absolute Gasteiger partial charge is 0.0714 e. The lowest BCUT2D eigenvalue weighted by Crippen LogP contribution is -2.28. The van der Waals surface area contributed by atoms with E-state index in [1.165, 1.54) is 96.0 Å². The van der Waals surface area contributed by atoms with Crippen LogP contribution in [-0.4, -0.2) is 0 Å². The van der Waals surface area contributed by atoms with E-state index in [0.717, 1.165) is 17.1 Å². The minimum atomic E-state index is -0.504. The second-order valence-electron chi connectivity index (χ2n) is 16.7. The monoisotopic (exact) mass is 849 g/mol. The molecule has 64 heavy (non-hydrogen) atoms. The molecule has 3 heteroatoms. The molecule has 1 aliphatic rings. The topological polar surface area (TPSA) is 3.24 Å². The van der Waals surface area contributed by atoms with Crippen LogP contribution < -0.4 is 4.90 Å². The molecule has 300 valence electrons. The lowest BCUT2D eigenvalue weighted by atomic mass is 9.67. The molecule has 0 radical (unpaired) electrons. The molecule has 0 spiro atoms.